The van der Waals surface area contributed by atoms with Gasteiger partial charge in [0, 0.05) is 17.8 Å². The second-order valence-corrected chi connectivity index (χ2v) is 8.71. The van der Waals surface area contributed by atoms with Crippen LogP contribution in [0.2, 0.25) is 0 Å². The van der Waals surface area contributed by atoms with Gasteiger partial charge in [-0.2, -0.15) is 8.42 Å². The molecule has 3 rings (SSSR count). The van der Waals surface area contributed by atoms with Gasteiger partial charge in [0.15, 0.2) is 6.10 Å². The molecular formula is C23H20N2O8S. The third-order valence-corrected chi connectivity index (χ3v) is 5.91. The van der Waals surface area contributed by atoms with E-state index in [1.807, 2.05) is 19.1 Å². The normalized spacial score (nSPS) is 11.8. The first kappa shape index (κ1) is 24.4. The van der Waals surface area contributed by atoms with Gasteiger partial charge in [-0.15, -0.1) is 0 Å². The number of hydrogen-bond donors (Lipinski definition) is 1. The highest BCUT2D eigenvalue weighted by atomic mass is 32.2. The van der Waals surface area contributed by atoms with Crippen molar-refractivity contribution in [3.05, 3.63) is 94.0 Å². The number of hydrogen-bond acceptors (Lipinski definition) is 8. The number of esters is 1. The van der Waals surface area contributed by atoms with Crippen LogP contribution in [0.3, 0.4) is 0 Å². The number of nitrogens with zero attached hydrogens (tertiary/aromatic N) is 1. The molecular weight excluding hydrogens is 464 g/mol. The summed E-state index contributed by atoms with van der Waals surface area (Å²) in [4.78, 5) is 34.5. The molecule has 1 amide bonds. The molecule has 0 saturated carbocycles. The summed E-state index contributed by atoms with van der Waals surface area (Å²) in [6.45, 7) is 3.25. The number of non-ortho nitro benzene ring substituents is 1. The Morgan fingerprint density at radius 1 is 1.00 bits per heavy atom. The van der Waals surface area contributed by atoms with E-state index in [4.69, 9.17) is 8.92 Å². The minimum Gasteiger partial charge on any atom is -0.449 e. The fourth-order valence-corrected chi connectivity index (χ4v) is 3.77. The minimum absolute atomic E-state index is 0.0654. The molecule has 34 heavy (non-hydrogen) atoms. The summed E-state index contributed by atoms with van der Waals surface area (Å²) in [5.41, 5.74) is 1.12. The first-order valence-corrected chi connectivity index (χ1v) is 11.3. The lowest BCUT2D eigenvalue weighted by molar-refractivity contribution is -0.385. The van der Waals surface area contributed by atoms with E-state index in [2.05, 4.69) is 5.32 Å². The highest BCUT2D eigenvalue weighted by Crippen LogP contribution is 2.23. The Bertz CT molecular complexity index is 1340. The molecule has 3 aromatic rings. The van der Waals surface area contributed by atoms with Gasteiger partial charge in [-0.1, -0.05) is 24.3 Å². The van der Waals surface area contributed by atoms with Crippen LogP contribution in [-0.2, 0) is 19.6 Å². The van der Waals surface area contributed by atoms with Gasteiger partial charge in [0.05, 0.1) is 10.5 Å². The molecule has 0 spiro atoms. The van der Waals surface area contributed by atoms with E-state index in [9.17, 15) is 28.1 Å². The summed E-state index contributed by atoms with van der Waals surface area (Å²) < 4.78 is 35.0. The van der Waals surface area contributed by atoms with Crippen molar-refractivity contribution in [2.75, 3.05) is 5.32 Å². The summed E-state index contributed by atoms with van der Waals surface area (Å²) in [7, 11) is -4.34. The van der Waals surface area contributed by atoms with E-state index < -0.39 is 43.6 Å². The second kappa shape index (κ2) is 10.1. The van der Waals surface area contributed by atoms with Crippen molar-refractivity contribution < 1.29 is 31.9 Å². The second-order valence-electron chi connectivity index (χ2n) is 7.17. The summed E-state index contributed by atoms with van der Waals surface area (Å²) in [6.07, 6.45) is -1.09. The summed E-state index contributed by atoms with van der Waals surface area (Å²) in [5.74, 6) is -1.42. The van der Waals surface area contributed by atoms with Gasteiger partial charge in [-0.25, -0.2) is 4.79 Å². The largest absolute Gasteiger partial charge is 0.449 e. The van der Waals surface area contributed by atoms with Crippen molar-refractivity contribution in [3.63, 3.8) is 0 Å². The zero-order valence-electron chi connectivity index (χ0n) is 18.1. The van der Waals surface area contributed by atoms with Crippen LogP contribution in [0.25, 0.3) is 0 Å². The third-order valence-electron chi connectivity index (χ3n) is 4.67. The van der Waals surface area contributed by atoms with E-state index in [-0.39, 0.29) is 11.3 Å². The first-order valence-electron chi connectivity index (χ1n) is 9.93. The molecule has 0 bridgehead atoms. The number of carbonyl (C=O) groups excluding carboxylic acids is 2. The van der Waals surface area contributed by atoms with Gasteiger partial charge >= 0.3 is 16.1 Å². The Kier molecular flexibility index (Phi) is 7.27. The SMILES string of the molecule is Cc1ccccc1NC(=O)C(C)OC(=O)c1ccc(OS(=O)(=O)c2cccc([N+](=O)[O-])c2)cc1. The highest BCUT2D eigenvalue weighted by Gasteiger charge is 2.22. The van der Waals surface area contributed by atoms with Crippen LogP contribution < -0.4 is 9.50 Å². The van der Waals surface area contributed by atoms with Crippen molar-refractivity contribution in [2.24, 2.45) is 0 Å². The van der Waals surface area contributed by atoms with E-state index in [1.165, 1.54) is 37.3 Å². The number of nitrogens with one attached hydrogen (secondary N) is 1. The molecule has 0 aliphatic rings. The standard InChI is InChI=1S/C23H20N2O8S/c1-15-6-3-4-9-21(15)24-22(26)16(2)32-23(27)17-10-12-19(13-11-17)33-34(30,31)20-8-5-7-18(14-20)25(28)29/h3-14,16H,1-2H3,(H,24,26). The third kappa shape index (κ3) is 5.95. The minimum atomic E-state index is -4.34. The number of para-hydroxylation sites is 1. The fraction of sp³-hybridized carbons (Fsp3) is 0.130. The molecule has 1 atom stereocenters. The molecule has 3 aromatic carbocycles. The number of nitro benzene ring substituents is 1. The lowest BCUT2D eigenvalue weighted by atomic mass is 10.2. The number of aryl methyl sites for hydroxylation is 1. The zero-order valence-corrected chi connectivity index (χ0v) is 18.9. The summed E-state index contributed by atoms with van der Waals surface area (Å²) >= 11 is 0. The average molecular weight is 484 g/mol. The van der Waals surface area contributed by atoms with Crippen LogP contribution in [0, 0.1) is 17.0 Å². The van der Waals surface area contributed by atoms with E-state index in [0.29, 0.717) is 5.69 Å². The molecule has 10 nitrogen and oxygen atoms in total. The molecule has 1 unspecified atom stereocenters. The molecule has 0 radical (unpaired) electrons. The Morgan fingerprint density at radius 2 is 1.68 bits per heavy atom. The number of benzene rings is 3. The lowest BCUT2D eigenvalue weighted by Crippen LogP contribution is -2.30. The zero-order chi connectivity index (χ0) is 24.9. The number of amides is 1. The van der Waals surface area contributed by atoms with Crippen molar-refractivity contribution >= 4 is 33.4 Å². The van der Waals surface area contributed by atoms with Gasteiger partial charge < -0.3 is 14.2 Å². The average Bonchev–Trinajstić information content (AvgIpc) is 2.80. The molecule has 176 valence electrons. The van der Waals surface area contributed by atoms with Crippen molar-refractivity contribution in [2.45, 2.75) is 24.8 Å². The monoisotopic (exact) mass is 484 g/mol. The number of rotatable bonds is 8. The van der Waals surface area contributed by atoms with Gasteiger partial charge in [0.25, 0.3) is 11.6 Å². The van der Waals surface area contributed by atoms with Crippen LogP contribution in [0.1, 0.15) is 22.8 Å². The quantitative estimate of drug-likeness (QED) is 0.220. The molecule has 1 N–H and O–H groups in total. The molecule has 0 fully saturated rings. The van der Waals surface area contributed by atoms with E-state index >= 15 is 0 Å². The number of carbonyl (C=O) groups is 2. The van der Waals surface area contributed by atoms with Gasteiger partial charge in [-0.3, -0.25) is 14.9 Å². The Balaban J connectivity index is 1.64. The first-order chi connectivity index (χ1) is 16.1. The van der Waals surface area contributed by atoms with E-state index in [1.54, 1.807) is 12.1 Å². The van der Waals surface area contributed by atoms with Crippen molar-refractivity contribution in [1.29, 1.82) is 0 Å². The predicted molar refractivity (Wildman–Crippen MR) is 122 cm³/mol. The Labute approximate surface area is 195 Å². The molecule has 0 heterocycles. The van der Waals surface area contributed by atoms with Crippen molar-refractivity contribution in [3.8, 4) is 5.75 Å². The summed E-state index contributed by atoms with van der Waals surface area (Å²) in [6, 6.07) is 16.6. The number of ether oxygens (including phenoxy) is 1. The van der Waals surface area contributed by atoms with E-state index in [0.717, 1.165) is 23.8 Å². The predicted octanol–water partition coefficient (Wildman–Crippen LogP) is 3.85. The maximum Gasteiger partial charge on any atom is 0.339 e. The lowest BCUT2D eigenvalue weighted by Gasteiger charge is -2.15. The number of nitro groups is 1. The van der Waals surface area contributed by atoms with Gasteiger partial charge in [-0.05, 0) is 55.8 Å². The number of anilines is 1. The van der Waals surface area contributed by atoms with Crippen LogP contribution in [0.15, 0.2) is 77.7 Å². The molecule has 0 aliphatic heterocycles. The van der Waals surface area contributed by atoms with Crippen molar-refractivity contribution in [1.82, 2.24) is 0 Å². The maximum atomic E-state index is 12.4. The maximum absolute atomic E-state index is 12.4. The molecule has 0 aromatic heterocycles. The van der Waals surface area contributed by atoms with Crippen LogP contribution in [0.5, 0.6) is 5.75 Å². The fourth-order valence-electron chi connectivity index (χ4n) is 2.80. The smallest absolute Gasteiger partial charge is 0.339 e. The highest BCUT2D eigenvalue weighted by molar-refractivity contribution is 7.87. The topological polar surface area (TPSA) is 142 Å². The molecule has 0 aliphatic carbocycles. The van der Waals surface area contributed by atoms with Crippen LogP contribution in [-0.4, -0.2) is 31.3 Å². The van der Waals surface area contributed by atoms with Crippen LogP contribution >= 0.6 is 0 Å². The van der Waals surface area contributed by atoms with Crippen LogP contribution in [0.4, 0.5) is 11.4 Å². The molecule has 11 heteroatoms. The Morgan fingerprint density at radius 3 is 2.32 bits per heavy atom. The van der Waals surface area contributed by atoms with Gasteiger partial charge in [0.2, 0.25) is 0 Å². The molecule has 0 saturated heterocycles. The Hall–Kier alpha value is -4.25. The summed E-state index contributed by atoms with van der Waals surface area (Å²) in [5, 5.41) is 13.5. The van der Waals surface area contributed by atoms with Gasteiger partial charge in [0.1, 0.15) is 10.6 Å².